The molecule has 0 bridgehead atoms. The lowest BCUT2D eigenvalue weighted by molar-refractivity contribution is 0.318. The second kappa shape index (κ2) is 8.92. The van der Waals surface area contributed by atoms with Crippen molar-refractivity contribution < 1.29 is 9.47 Å². The van der Waals surface area contributed by atoms with E-state index in [1.54, 1.807) is 30.2 Å². The Labute approximate surface area is 156 Å². The molecule has 0 fully saturated rings. The van der Waals surface area contributed by atoms with E-state index in [-0.39, 0.29) is 0 Å². The van der Waals surface area contributed by atoms with Gasteiger partial charge < -0.3 is 14.0 Å². The molecule has 0 aliphatic carbocycles. The first kappa shape index (κ1) is 17.8. The normalized spacial score (nSPS) is 10.8. The number of hydrogen-bond acceptors (Lipinski definition) is 6. The van der Waals surface area contributed by atoms with Crippen molar-refractivity contribution in [3.05, 3.63) is 41.8 Å². The van der Waals surface area contributed by atoms with Gasteiger partial charge in [-0.15, -0.1) is 21.5 Å². The van der Waals surface area contributed by atoms with Gasteiger partial charge in [-0.25, -0.2) is 0 Å². The number of benzene rings is 1. The maximum absolute atomic E-state index is 5.75. The van der Waals surface area contributed by atoms with Crippen molar-refractivity contribution in [1.82, 2.24) is 14.8 Å². The highest BCUT2D eigenvalue weighted by Crippen LogP contribution is 2.27. The largest absolute Gasteiger partial charge is 0.497 e. The van der Waals surface area contributed by atoms with Gasteiger partial charge in [0.2, 0.25) is 0 Å². The summed E-state index contributed by atoms with van der Waals surface area (Å²) in [5, 5.41) is 11.7. The van der Waals surface area contributed by atoms with Gasteiger partial charge in [0.05, 0.1) is 18.6 Å². The van der Waals surface area contributed by atoms with Gasteiger partial charge in [-0.2, -0.15) is 0 Å². The van der Waals surface area contributed by atoms with E-state index in [1.807, 2.05) is 30.3 Å². The van der Waals surface area contributed by atoms with Crippen LogP contribution in [0.1, 0.15) is 13.3 Å². The number of hydrogen-bond donors (Lipinski definition) is 0. The Balaban J connectivity index is 1.47. The maximum atomic E-state index is 5.75. The maximum Gasteiger partial charge on any atom is 0.191 e. The Morgan fingerprint density at radius 2 is 1.92 bits per heavy atom. The minimum Gasteiger partial charge on any atom is -0.497 e. The van der Waals surface area contributed by atoms with Crippen molar-refractivity contribution in [2.75, 3.05) is 19.5 Å². The van der Waals surface area contributed by atoms with Gasteiger partial charge in [-0.1, -0.05) is 17.8 Å². The Morgan fingerprint density at radius 1 is 1.12 bits per heavy atom. The molecule has 3 aromatic rings. The third kappa shape index (κ3) is 4.55. The van der Waals surface area contributed by atoms with Gasteiger partial charge in [0, 0.05) is 12.3 Å². The van der Waals surface area contributed by atoms with Gasteiger partial charge in [-0.05, 0) is 49.1 Å². The SMILES string of the molecule is CCn1c(SCCCOc2ccc(OC)cc2)nnc1-c1cccs1. The lowest BCUT2D eigenvalue weighted by atomic mass is 10.3. The van der Waals surface area contributed by atoms with E-state index in [4.69, 9.17) is 9.47 Å². The first-order valence-corrected chi connectivity index (χ1v) is 10.0. The number of nitrogens with zero attached hydrogens (tertiary/aromatic N) is 3. The van der Waals surface area contributed by atoms with E-state index in [2.05, 4.69) is 33.1 Å². The summed E-state index contributed by atoms with van der Waals surface area (Å²) in [6, 6.07) is 11.8. The highest BCUT2D eigenvalue weighted by Gasteiger charge is 2.13. The summed E-state index contributed by atoms with van der Waals surface area (Å²) in [5.41, 5.74) is 0. The number of ether oxygens (including phenoxy) is 2. The summed E-state index contributed by atoms with van der Waals surface area (Å²) in [6.45, 7) is 3.67. The number of methoxy groups -OCH3 is 1. The number of thioether (sulfide) groups is 1. The fourth-order valence-electron chi connectivity index (χ4n) is 2.35. The van der Waals surface area contributed by atoms with Crippen molar-refractivity contribution >= 4 is 23.1 Å². The Kier molecular flexibility index (Phi) is 6.36. The lowest BCUT2D eigenvalue weighted by Crippen LogP contribution is -2.01. The average Bonchev–Trinajstić information content (AvgIpc) is 3.31. The third-order valence-corrected chi connectivity index (χ3v) is 5.54. The van der Waals surface area contributed by atoms with Crippen LogP contribution < -0.4 is 9.47 Å². The smallest absolute Gasteiger partial charge is 0.191 e. The summed E-state index contributed by atoms with van der Waals surface area (Å²) in [7, 11) is 1.66. The summed E-state index contributed by atoms with van der Waals surface area (Å²) >= 11 is 3.41. The van der Waals surface area contributed by atoms with Gasteiger partial charge in [0.15, 0.2) is 11.0 Å². The van der Waals surface area contributed by atoms with Crippen LogP contribution in [0.15, 0.2) is 46.9 Å². The zero-order chi connectivity index (χ0) is 17.5. The summed E-state index contributed by atoms with van der Waals surface area (Å²) < 4.78 is 13.1. The minimum atomic E-state index is 0.678. The van der Waals surface area contributed by atoms with Crippen molar-refractivity contribution in [2.24, 2.45) is 0 Å². The van der Waals surface area contributed by atoms with Crippen LogP contribution in [-0.4, -0.2) is 34.2 Å². The molecule has 3 rings (SSSR count). The molecule has 2 aromatic heterocycles. The van der Waals surface area contributed by atoms with E-state index >= 15 is 0 Å². The van der Waals surface area contributed by atoms with Crippen molar-refractivity contribution in [3.8, 4) is 22.2 Å². The Bertz CT molecular complexity index is 770. The van der Waals surface area contributed by atoms with E-state index in [0.717, 1.165) is 46.1 Å². The fraction of sp³-hybridized carbons (Fsp3) is 0.333. The quantitative estimate of drug-likeness (QED) is 0.404. The van der Waals surface area contributed by atoms with Crippen LogP contribution in [0, 0.1) is 0 Å². The molecular formula is C18H21N3O2S2. The molecule has 0 atom stereocenters. The predicted molar refractivity (Wildman–Crippen MR) is 103 cm³/mol. The van der Waals surface area contributed by atoms with E-state index in [9.17, 15) is 0 Å². The molecule has 132 valence electrons. The summed E-state index contributed by atoms with van der Waals surface area (Å²) in [6.07, 6.45) is 0.946. The highest BCUT2D eigenvalue weighted by molar-refractivity contribution is 7.99. The van der Waals surface area contributed by atoms with Crippen LogP contribution in [0.25, 0.3) is 10.7 Å². The third-order valence-electron chi connectivity index (χ3n) is 3.62. The molecule has 0 unspecified atom stereocenters. The number of aromatic nitrogens is 3. The highest BCUT2D eigenvalue weighted by atomic mass is 32.2. The molecule has 25 heavy (non-hydrogen) atoms. The van der Waals surface area contributed by atoms with Gasteiger partial charge in [0.25, 0.3) is 0 Å². The molecule has 0 spiro atoms. The molecule has 0 N–H and O–H groups in total. The van der Waals surface area contributed by atoms with Gasteiger partial charge >= 0.3 is 0 Å². The monoisotopic (exact) mass is 375 g/mol. The fourth-order valence-corrected chi connectivity index (χ4v) is 3.98. The Morgan fingerprint density at radius 3 is 2.60 bits per heavy atom. The first-order valence-electron chi connectivity index (χ1n) is 8.18. The first-order chi connectivity index (χ1) is 12.3. The van der Waals surface area contributed by atoms with E-state index in [0.29, 0.717) is 6.61 Å². The summed E-state index contributed by atoms with van der Waals surface area (Å²) in [5.74, 6) is 3.60. The number of thiophene rings is 1. The minimum absolute atomic E-state index is 0.678. The van der Waals surface area contributed by atoms with Crippen LogP contribution in [0.3, 0.4) is 0 Å². The topological polar surface area (TPSA) is 49.2 Å². The molecule has 0 saturated carbocycles. The van der Waals surface area contributed by atoms with Crippen molar-refractivity contribution in [1.29, 1.82) is 0 Å². The number of rotatable bonds is 9. The standard InChI is InChI=1S/C18H21N3O2S2/c1-3-21-17(16-6-4-12-24-16)19-20-18(21)25-13-5-11-23-15-9-7-14(22-2)8-10-15/h4,6-10,12H,3,5,11,13H2,1-2H3. The van der Waals surface area contributed by atoms with Crippen LogP contribution >= 0.6 is 23.1 Å². The van der Waals surface area contributed by atoms with E-state index < -0.39 is 0 Å². The second-order valence-corrected chi connectivity index (χ2v) is 7.26. The average molecular weight is 376 g/mol. The molecule has 0 radical (unpaired) electrons. The lowest BCUT2D eigenvalue weighted by Gasteiger charge is -2.08. The van der Waals surface area contributed by atoms with Gasteiger partial charge in [-0.3, -0.25) is 0 Å². The summed E-state index contributed by atoms with van der Waals surface area (Å²) in [4.78, 5) is 1.16. The second-order valence-electron chi connectivity index (χ2n) is 5.25. The zero-order valence-corrected chi connectivity index (χ0v) is 16.0. The Hall–Kier alpha value is -1.99. The van der Waals surface area contributed by atoms with Crippen LogP contribution in [0.2, 0.25) is 0 Å². The molecule has 2 heterocycles. The van der Waals surface area contributed by atoms with Crippen LogP contribution in [0.4, 0.5) is 0 Å². The van der Waals surface area contributed by atoms with E-state index in [1.165, 1.54) is 0 Å². The molecular weight excluding hydrogens is 354 g/mol. The van der Waals surface area contributed by atoms with Gasteiger partial charge in [0.1, 0.15) is 11.5 Å². The molecule has 0 amide bonds. The molecule has 0 aliphatic heterocycles. The molecule has 0 saturated heterocycles. The van der Waals surface area contributed by atoms with Crippen LogP contribution in [0.5, 0.6) is 11.5 Å². The molecule has 0 aliphatic rings. The zero-order valence-electron chi connectivity index (χ0n) is 14.3. The molecule has 1 aromatic carbocycles. The van der Waals surface area contributed by atoms with Crippen molar-refractivity contribution in [3.63, 3.8) is 0 Å². The molecule has 7 heteroatoms. The molecule has 5 nitrogen and oxygen atoms in total. The van der Waals surface area contributed by atoms with Crippen LogP contribution in [-0.2, 0) is 6.54 Å². The van der Waals surface area contributed by atoms with Crippen molar-refractivity contribution in [2.45, 2.75) is 25.0 Å². The predicted octanol–water partition coefficient (Wildman–Crippen LogP) is 4.60.